The first-order chi connectivity index (χ1) is 12.6. The Morgan fingerprint density at radius 1 is 0.923 bits per heavy atom. The van der Waals surface area contributed by atoms with Crippen molar-refractivity contribution in [3.05, 3.63) is 65.7 Å². The molecular formula is C21H25N3O2. The van der Waals surface area contributed by atoms with E-state index in [0.717, 1.165) is 37.0 Å². The molecule has 0 radical (unpaired) electrons. The van der Waals surface area contributed by atoms with Gasteiger partial charge in [0.05, 0.1) is 5.71 Å². The van der Waals surface area contributed by atoms with Gasteiger partial charge in [-0.3, -0.25) is 9.59 Å². The first kappa shape index (κ1) is 19.4. The van der Waals surface area contributed by atoms with Crippen LogP contribution in [0.5, 0.6) is 0 Å². The Kier molecular flexibility index (Phi) is 7.55. The molecule has 0 bridgehead atoms. The van der Waals surface area contributed by atoms with Crippen LogP contribution in [0.25, 0.3) is 0 Å². The number of carbonyl (C=O) groups excluding carboxylic acids is 2. The number of anilines is 1. The van der Waals surface area contributed by atoms with Gasteiger partial charge in [-0.25, -0.2) is 5.43 Å². The van der Waals surface area contributed by atoms with Gasteiger partial charge in [0, 0.05) is 18.2 Å². The van der Waals surface area contributed by atoms with E-state index in [1.165, 1.54) is 6.92 Å². The molecule has 2 aromatic rings. The van der Waals surface area contributed by atoms with E-state index < -0.39 is 0 Å². The number of nitrogens with one attached hydrogen (secondary N) is 2. The van der Waals surface area contributed by atoms with Crippen molar-refractivity contribution in [2.75, 3.05) is 5.32 Å². The molecule has 0 aromatic heterocycles. The molecule has 0 aliphatic carbocycles. The highest BCUT2D eigenvalue weighted by Crippen LogP contribution is 2.11. The van der Waals surface area contributed by atoms with Crippen LogP contribution < -0.4 is 10.7 Å². The van der Waals surface area contributed by atoms with Gasteiger partial charge in [-0.15, -0.1) is 0 Å². The highest BCUT2D eigenvalue weighted by Gasteiger charge is 2.07. The monoisotopic (exact) mass is 351 g/mol. The number of nitrogens with zero attached hydrogens (tertiary/aromatic N) is 1. The highest BCUT2D eigenvalue weighted by atomic mass is 16.2. The van der Waals surface area contributed by atoms with Crippen LogP contribution in [0, 0.1) is 0 Å². The van der Waals surface area contributed by atoms with Crippen LogP contribution in [-0.2, 0) is 4.79 Å². The summed E-state index contributed by atoms with van der Waals surface area (Å²) in [5.74, 6) is -0.422. The van der Waals surface area contributed by atoms with Crippen molar-refractivity contribution in [1.82, 2.24) is 5.43 Å². The molecule has 0 heterocycles. The summed E-state index contributed by atoms with van der Waals surface area (Å²) in [7, 11) is 0. The van der Waals surface area contributed by atoms with Gasteiger partial charge in [0.1, 0.15) is 0 Å². The van der Waals surface area contributed by atoms with Gasteiger partial charge >= 0.3 is 0 Å². The number of hydrazone groups is 1. The second-order valence-corrected chi connectivity index (χ2v) is 6.08. The third-order valence-corrected chi connectivity index (χ3v) is 3.88. The van der Waals surface area contributed by atoms with Crippen molar-refractivity contribution in [3.8, 4) is 0 Å². The molecule has 2 aromatic carbocycles. The van der Waals surface area contributed by atoms with Gasteiger partial charge in [0.15, 0.2) is 0 Å². The summed E-state index contributed by atoms with van der Waals surface area (Å²) in [4.78, 5) is 23.4. The molecule has 0 saturated carbocycles. The number of unbranched alkanes of at least 4 members (excludes halogenated alkanes) is 2. The highest BCUT2D eigenvalue weighted by molar-refractivity contribution is 6.02. The van der Waals surface area contributed by atoms with Crippen LogP contribution in [0.1, 0.15) is 55.5 Å². The lowest BCUT2D eigenvalue weighted by Gasteiger charge is -2.08. The van der Waals surface area contributed by atoms with Crippen molar-refractivity contribution in [2.45, 2.75) is 39.5 Å². The molecule has 2 N–H and O–H groups in total. The second kappa shape index (κ2) is 10.1. The Hall–Kier alpha value is -2.95. The second-order valence-electron chi connectivity index (χ2n) is 6.08. The third kappa shape index (κ3) is 6.16. The van der Waals surface area contributed by atoms with Gasteiger partial charge in [0.2, 0.25) is 5.91 Å². The summed E-state index contributed by atoms with van der Waals surface area (Å²) in [5, 5.41) is 7.03. The van der Waals surface area contributed by atoms with Crippen molar-refractivity contribution in [2.24, 2.45) is 5.10 Å². The Morgan fingerprint density at radius 3 is 2.23 bits per heavy atom. The molecule has 0 fully saturated rings. The van der Waals surface area contributed by atoms with Crippen LogP contribution in [0.15, 0.2) is 59.7 Å². The molecule has 5 nitrogen and oxygen atoms in total. The fraction of sp³-hybridized carbons (Fsp3) is 0.286. The molecule has 0 saturated heterocycles. The number of hydrogen-bond acceptors (Lipinski definition) is 3. The third-order valence-electron chi connectivity index (χ3n) is 3.88. The minimum Gasteiger partial charge on any atom is -0.326 e. The number of rotatable bonds is 8. The fourth-order valence-electron chi connectivity index (χ4n) is 2.53. The fourth-order valence-corrected chi connectivity index (χ4v) is 2.53. The molecule has 2 rings (SSSR count). The zero-order chi connectivity index (χ0) is 18.8. The van der Waals surface area contributed by atoms with Gasteiger partial charge in [-0.1, -0.05) is 50.1 Å². The molecule has 5 heteroatoms. The Balaban J connectivity index is 2.07. The molecule has 0 unspecified atom stereocenters. The Bertz CT molecular complexity index is 753. The van der Waals surface area contributed by atoms with E-state index in [9.17, 15) is 9.59 Å². The first-order valence-corrected chi connectivity index (χ1v) is 8.90. The maximum atomic E-state index is 12.3. The molecule has 26 heavy (non-hydrogen) atoms. The molecule has 2 amide bonds. The lowest BCUT2D eigenvalue weighted by molar-refractivity contribution is -0.114. The van der Waals surface area contributed by atoms with Gasteiger partial charge < -0.3 is 5.32 Å². The van der Waals surface area contributed by atoms with E-state index in [1.807, 2.05) is 30.3 Å². The summed E-state index contributed by atoms with van der Waals surface area (Å²) in [6, 6.07) is 16.6. The molecule has 0 spiro atoms. The number of carbonyl (C=O) groups is 2. The van der Waals surface area contributed by atoms with Crippen molar-refractivity contribution < 1.29 is 9.59 Å². The summed E-state index contributed by atoms with van der Waals surface area (Å²) >= 11 is 0. The van der Waals surface area contributed by atoms with Crippen LogP contribution in [0.3, 0.4) is 0 Å². The summed E-state index contributed by atoms with van der Waals surface area (Å²) < 4.78 is 0. The van der Waals surface area contributed by atoms with Crippen LogP contribution in [0.2, 0.25) is 0 Å². The summed E-state index contributed by atoms with van der Waals surface area (Å²) in [6.07, 6.45) is 4.12. The maximum absolute atomic E-state index is 12.3. The number of benzene rings is 2. The summed E-state index contributed by atoms with van der Waals surface area (Å²) in [6.45, 7) is 3.60. The topological polar surface area (TPSA) is 70.6 Å². The SMILES string of the molecule is CCCCC/C(=N\NC(=O)c1ccc(NC(C)=O)cc1)c1ccccc1. The average Bonchev–Trinajstić information content (AvgIpc) is 2.65. The van der Waals surface area contributed by atoms with Crippen LogP contribution in [-0.4, -0.2) is 17.5 Å². The zero-order valence-corrected chi connectivity index (χ0v) is 15.3. The van der Waals surface area contributed by atoms with Crippen molar-refractivity contribution >= 4 is 23.2 Å². The minimum absolute atomic E-state index is 0.147. The Morgan fingerprint density at radius 2 is 1.62 bits per heavy atom. The lowest BCUT2D eigenvalue weighted by Crippen LogP contribution is -2.20. The van der Waals surface area contributed by atoms with Crippen LogP contribution >= 0.6 is 0 Å². The van der Waals surface area contributed by atoms with Crippen LogP contribution in [0.4, 0.5) is 5.69 Å². The van der Waals surface area contributed by atoms with E-state index in [-0.39, 0.29) is 11.8 Å². The van der Waals surface area contributed by atoms with E-state index in [1.54, 1.807) is 24.3 Å². The van der Waals surface area contributed by atoms with E-state index >= 15 is 0 Å². The van der Waals surface area contributed by atoms with Gasteiger partial charge in [-0.2, -0.15) is 5.10 Å². The van der Waals surface area contributed by atoms with Gasteiger partial charge in [-0.05, 0) is 42.7 Å². The molecular weight excluding hydrogens is 326 g/mol. The van der Waals surface area contributed by atoms with E-state index in [2.05, 4.69) is 22.8 Å². The summed E-state index contributed by atoms with van der Waals surface area (Å²) in [5.41, 5.74) is 5.69. The number of amides is 2. The first-order valence-electron chi connectivity index (χ1n) is 8.90. The number of hydrogen-bond donors (Lipinski definition) is 2. The van der Waals surface area contributed by atoms with Gasteiger partial charge in [0.25, 0.3) is 5.91 Å². The predicted octanol–water partition coefficient (Wildman–Crippen LogP) is 4.36. The molecule has 136 valence electrons. The molecule has 0 aliphatic heterocycles. The lowest BCUT2D eigenvalue weighted by atomic mass is 10.0. The molecule has 0 aliphatic rings. The zero-order valence-electron chi connectivity index (χ0n) is 15.3. The van der Waals surface area contributed by atoms with Crippen molar-refractivity contribution in [3.63, 3.8) is 0 Å². The van der Waals surface area contributed by atoms with E-state index in [0.29, 0.717) is 11.3 Å². The molecule has 0 atom stereocenters. The average molecular weight is 351 g/mol. The Labute approximate surface area is 154 Å². The van der Waals surface area contributed by atoms with Crippen molar-refractivity contribution in [1.29, 1.82) is 0 Å². The standard InChI is InChI=1S/C21H25N3O2/c1-3-4-6-11-20(17-9-7-5-8-10-17)23-24-21(26)18-12-14-19(15-13-18)22-16(2)25/h5,7-10,12-15H,3-4,6,11H2,1-2H3,(H,22,25)(H,24,26)/b23-20+. The largest absolute Gasteiger partial charge is 0.326 e. The predicted molar refractivity (Wildman–Crippen MR) is 105 cm³/mol. The van der Waals surface area contributed by atoms with E-state index in [4.69, 9.17) is 0 Å². The normalized spacial score (nSPS) is 11.1. The smallest absolute Gasteiger partial charge is 0.271 e. The maximum Gasteiger partial charge on any atom is 0.271 e. The quantitative estimate of drug-likeness (QED) is 0.421. The minimum atomic E-state index is -0.275.